The summed E-state index contributed by atoms with van der Waals surface area (Å²) in [6.07, 6.45) is 1.32. The Kier molecular flexibility index (Phi) is 6.50. The summed E-state index contributed by atoms with van der Waals surface area (Å²) < 4.78 is 12.1. The van der Waals surface area contributed by atoms with Crippen molar-refractivity contribution in [2.45, 2.75) is 83.2 Å². The highest BCUT2D eigenvalue weighted by molar-refractivity contribution is 6.77. The van der Waals surface area contributed by atoms with Gasteiger partial charge < -0.3 is 14.3 Å². The molecule has 114 valence electrons. The Balaban J connectivity index is 2.72. The Morgan fingerprint density at radius 3 is 2.05 bits per heavy atom. The summed E-state index contributed by atoms with van der Waals surface area (Å²) in [4.78, 5) is 0. The molecule has 0 aromatic rings. The van der Waals surface area contributed by atoms with Crippen LogP contribution in [0.4, 0.5) is 0 Å². The molecule has 0 aliphatic carbocycles. The number of aliphatic hydroxyl groups excluding tert-OH is 1. The predicted molar refractivity (Wildman–Crippen MR) is 82.0 cm³/mol. The molecule has 3 nitrogen and oxygen atoms in total. The Labute approximate surface area is 119 Å². The smallest absolute Gasteiger partial charge is 0.200 e. The average Bonchev–Trinajstić information content (AvgIpc) is 2.30. The second kappa shape index (κ2) is 7.20. The van der Waals surface area contributed by atoms with Crippen molar-refractivity contribution >= 4 is 8.32 Å². The van der Waals surface area contributed by atoms with Crippen LogP contribution in [0.25, 0.3) is 0 Å². The van der Waals surface area contributed by atoms with Gasteiger partial charge in [-0.05, 0) is 29.5 Å². The van der Waals surface area contributed by atoms with Crippen LogP contribution in [-0.4, -0.2) is 38.8 Å². The predicted octanol–water partition coefficient (Wildman–Crippen LogP) is 3.72. The van der Waals surface area contributed by atoms with Crippen LogP contribution in [-0.2, 0) is 9.16 Å². The van der Waals surface area contributed by atoms with E-state index in [1.165, 1.54) is 0 Å². The largest absolute Gasteiger partial charge is 0.413 e. The third-order valence-electron chi connectivity index (χ3n) is 4.61. The summed E-state index contributed by atoms with van der Waals surface area (Å²) >= 11 is 0. The number of hydrogen-bond acceptors (Lipinski definition) is 3. The zero-order chi connectivity index (χ0) is 14.6. The lowest BCUT2D eigenvalue weighted by molar-refractivity contribution is -0.0923. The normalized spacial score (nSPS) is 25.6. The molecule has 19 heavy (non-hydrogen) atoms. The van der Waals surface area contributed by atoms with Crippen LogP contribution in [0.2, 0.25) is 16.6 Å². The lowest BCUT2D eigenvalue weighted by Crippen LogP contribution is -2.51. The van der Waals surface area contributed by atoms with Gasteiger partial charge in [0.05, 0.1) is 12.7 Å². The van der Waals surface area contributed by atoms with Crippen LogP contribution in [0, 0.1) is 0 Å². The molecule has 1 aliphatic heterocycles. The van der Waals surface area contributed by atoms with Crippen LogP contribution in [0.3, 0.4) is 0 Å². The molecule has 0 radical (unpaired) electrons. The van der Waals surface area contributed by atoms with Crippen LogP contribution >= 0.6 is 0 Å². The van der Waals surface area contributed by atoms with Crippen molar-refractivity contribution in [2.75, 3.05) is 13.2 Å². The SMILES string of the molecule is CC(C)[Si](OC[C@H]1OCCC[C@H]1O)(C(C)C)C(C)C. The van der Waals surface area contributed by atoms with Gasteiger partial charge in [-0.3, -0.25) is 0 Å². The number of ether oxygens (including phenoxy) is 1. The van der Waals surface area contributed by atoms with E-state index in [1.807, 2.05) is 0 Å². The topological polar surface area (TPSA) is 38.7 Å². The van der Waals surface area contributed by atoms with Gasteiger partial charge in [-0.15, -0.1) is 0 Å². The molecule has 1 saturated heterocycles. The Hall–Kier alpha value is 0.0969. The Bertz CT molecular complexity index is 244. The minimum absolute atomic E-state index is 0.128. The van der Waals surface area contributed by atoms with Gasteiger partial charge in [-0.25, -0.2) is 0 Å². The first-order valence-corrected chi connectivity index (χ1v) is 9.90. The first-order chi connectivity index (χ1) is 8.82. The zero-order valence-electron chi connectivity index (χ0n) is 13.5. The summed E-state index contributed by atoms with van der Waals surface area (Å²) in [6.45, 7) is 15.0. The monoisotopic (exact) mass is 288 g/mol. The highest BCUT2D eigenvalue weighted by Crippen LogP contribution is 2.42. The van der Waals surface area contributed by atoms with Crippen LogP contribution in [0.1, 0.15) is 54.4 Å². The standard InChI is InChI=1S/C15H32O3Si/c1-11(2)19(12(3)4,13(5)6)18-10-15-14(16)8-7-9-17-15/h11-16H,7-10H2,1-6H3/t14-,15-/m1/s1. The molecule has 4 heteroatoms. The van der Waals surface area contributed by atoms with Crippen molar-refractivity contribution in [3.8, 4) is 0 Å². The molecular weight excluding hydrogens is 256 g/mol. The molecule has 0 amide bonds. The van der Waals surface area contributed by atoms with Crippen molar-refractivity contribution in [3.63, 3.8) is 0 Å². The molecular formula is C15H32O3Si. The van der Waals surface area contributed by atoms with Gasteiger partial charge in [0.25, 0.3) is 0 Å². The summed E-state index contributed by atoms with van der Waals surface area (Å²) in [6, 6.07) is 0. The summed E-state index contributed by atoms with van der Waals surface area (Å²) in [5.41, 5.74) is 1.73. The van der Waals surface area contributed by atoms with Crippen molar-refractivity contribution in [2.24, 2.45) is 0 Å². The second-order valence-electron chi connectivity index (χ2n) is 6.75. The molecule has 0 bridgehead atoms. The lowest BCUT2D eigenvalue weighted by atomic mass is 10.1. The van der Waals surface area contributed by atoms with Gasteiger partial charge in [0.15, 0.2) is 8.32 Å². The maximum Gasteiger partial charge on any atom is 0.200 e. The molecule has 0 unspecified atom stereocenters. The van der Waals surface area contributed by atoms with Crippen LogP contribution in [0.5, 0.6) is 0 Å². The Morgan fingerprint density at radius 2 is 1.63 bits per heavy atom. The van der Waals surface area contributed by atoms with E-state index in [2.05, 4.69) is 41.5 Å². The van der Waals surface area contributed by atoms with Crippen LogP contribution < -0.4 is 0 Å². The highest BCUT2D eigenvalue weighted by Gasteiger charge is 2.45. The molecule has 1 heterocycles. The summed E-state index contributed by atoms with van der Waals surface area (Å²) in [7, 11) is -1.83. The first kappa shape index (κ1) is 17.1. The summed E-state index contributed by atoms with van der Waals surface area (Å²) in [5, 5.41) is 9.99. The van der Waals surface area contributed by atoms with E-state index in [9.17, 15) is 5.11 Å². The van der Waals surface area contributed by atoms with E-state index in [0.717, 1.165) is 19.4 Å². The van der Waals surface area contributed by atoms with Crippen molar-refractivity contribution in [1.82, 2.24) is 0 Å². The van der Waals surface area contributed by atoms with Gasteiger partial charge >= 0.3 is 0 Å². The molecule has 0 aromatic heterocycles. The van der Waals surface area contributed by atoms with E-state index in [0.29, 0.717) is 23.2 Å². The molecule has 1 aliphatic rings. The molecule has 1 fully saturated rings. The zero-order valence-corrected chi connectivity index (χ0v) is 14.5. The van der Waals surface area contributed by atoms with E-state index in [1.54, 1.807) is 0 Å². The number of hydrogen-bond donors (Lipinski definition) is 1. The highest BCUT2D eigenvalue weighted by atomic mass is 28.4. The van der Waals surface area contributed by atoms with Gasteiger partial charge in [0.1, 0.15) is 6.10 Å². The fourth-order valence-electron chi connectivity index (χ4n) is 3.71. The molecule has 1 N–H and O–H groups in total. The number of aliphatic hydroxyl groups is 1. The fourth-order valence-corrected chi connectivity index (χ4v) is 9.16. The second-order valence-corrected chi connectivity index (χ2v) is 12.2. The molecule has 0 aromatic carbocycles. The minimum atomic E-state index is -1.83. The van der Waals surface area contributed by atoms with Crippen molar-refractivity contribution in [3.05, 3.63) is 0 Å². The van der Waals surface area contributed by atoms with Crippen molar-refractivity contribution in [1.29, 1.82) is 0 Å². The fraction of sp³-hybridized carbons (Fsp3) is 1.00. The number of rotatable bonds is 6. The molecule has 0 spiro atoms. The molecule has 1 rings (SSSR count). The lowest BCUT2D eigenvalue weighted by Gasteiger charge is -2.43. The van der Waals surface area contributed by atoms with E-state index in [-0.39, 0.29) is 12.2 Å². The summed E-state index contributed by atoms with van der Waals surface area (Å²) in [5.74, 6) is 0. The third kappa shape index (κ3) is 3.81. The molecule has 0 saturated carbocycles. The average molecular weight is 289 g/mol. The van der Waals surface area contributed by atoms with E-state index < -0.39 is 8.32 Å². The van der Waals surface area contributed by atoms with Crippen LogP contribution in [0.15, 0.2) is 0 Å². The minimum Gasteiger partial charge on any atom is -0.413 e. The van der Waals surface area contributed by atoms with Gasteiger partial charge in [0, 0.05) is 6.61 Å². The van der Waals surface area contributed by atoms with Gasteiger partial charge in [-0.2, -0.15) is 0 Å². The maximum absolute atomic E-state index is 9.99. The third-order valence-corrected chi connectivity index (χ3v) is 10.7. The molecule has 2 atom stereocenters. The van der Waals surface area contributed by atoms with E-state index >= 15 is 0 Å². The van der Waals surface area contributed by atoms with E-state index in [4.69, 9.17) is 9.16 Å². The maximum atomic E-state index is 9.99. The quantitative estimate of drug-likeness (QED) is 0.757. The van der Waals surface area contributed by atoms with Gasteiger partial charge in [-0.1, -0.05) is 41.5 Å². The first-order valence-electron chi connectivity index (χ1n) is 7.76. The Morgan fingerprint density at radius 1 is 1.11 bits per heavy atom. The van der Waals surface area contributed by atoms with Gasteiger partial charge in [0.2, 0.25) is 0 Å². The van der Waals surface area contributed by atoms with Crippen molar-refractivity contribution < 1.29 is 14.3 Å².